The van der Waals surface area contributed by atoms with Crippen molar-refractivity contribution in [3.05, 3.63) is 51.8 Å². The molecule has 0 aromatic heterocycles. The predicted octanol–water partition coefficient (Wildman–Crippen LogP) is 4.75. The molecule has 0 radical (unpaired) electrons. The highest BCUT2D eigenvalue weighted by Gasteiger charge is 2.52. The van der Waals surface area contributed by atoms with Crippen LogP contribution in [-0.2, 0) is 24.2 Å². The Morgan fingerprint density at radius 3 is 2.33 bits per heavy atom. The smallest absolute Gasteiger partial charge is 0.265 e. The van der Waals surface area contributed by atoms with E-state index in [1.807, 2.05) is 6.92 Å². The fourth-order valence-electron chi connectivity index (χ4n) is 5.67. The lowest BCUT2D eigenvalue weighted by Gasteiger charge is -2.39. The van der Waals surface area contributed by atoms with Gasteiger partial charge in [0.15, 0.2) is 20.4 Å². The fourth-order valence-corrected chi connectivity index (χ4v) is 8.78. The Morgan fingerprint density at radius 1 is 1.09 bits per heavy atom. The molecule has 240 valence electrons. The quantitative estimate of drug-likeness (QED) is 0.263. The Morgan fingerprint density at radius 2 is 1.74 bits per heavy atom. The molecule has 0 spiro atoms. The zero-order valence-corrected chi connectivity index (χ0v) is 27.8. The second kappa shape index (κ2) is 16.9. The number of hydroxylamine groups is 1. The summed E-state index contributed by atoms with van der Waals surface area (Å²) in [5, 5.41) is 9.12. The Hall–Kier alpha value is -2.02. The van der Waals surface area contributed by atoms with E-state index in [1.165, 1.54) is 29.9 Å². The summed E-state index contributed by atoms with van der Waals surface area (Å²) in [7, 11) is -0.179. The van der Waals surface area contributed by atoms with Gasteiger partial charge >= 0.3 is 0 Å². The Labute approximate surface area is 262 Å². The number of unbranched alkanes of at least 4 members (excludes halogenated alkanes) is 1. The molecule has 3 aliphatic rings. The van der Waals surface area contributed by atoms with Crippen molar-refractivity contribution in [1.82, 2.24) is 15.3 Å². The van der Waals surface area contributed by atoms with Gasteiger partial charge in [-0.25, -0.2) is 13.9 Å². The number of piperidine rings is 2. The molecule has 0 unspecified atom stereocenters. The van der Waals surface area contributed by atoms with Crippen molar-refractivity contribution in [2.45, 2.75) is 74.9 Å². The molecule has 3 heterocycles. The summed E-state index contributed by atoms with van der Waals surface area (Å²) in [6.45, 7) is 8.32. The van der Waals surface area contributed by atoms with Crippen molar-refractivity contribution in [2.24, 2.45) is 5.92 Å². The van der Waals surface area contributed by atoms with Gasteiger partial charge in [0.2, 0.25) is 0 Å². The number of carbonyl (C=O) groups excluding carboxylic acids is 2. The van der Waals surface area contributed by atoms with Crippen LogP contribution in [0.1, 0.15) is 63.9 Å². The molecule has 2 fully saturated rings. The van der Waals surface area contributed by atoms with E-state index >= 15 is 0 Å². The number of benzene rings is 1. The van der Waals surface area contributed by atoms with Crippen LogP contribution >= 0.6 is 11.8 Å². The standard InChI is InChI=1S/C16H24N2O5S.C16H25NOS/c1-13-3-5-14(6-4-13)24(21,22)16(15(19)17-20)7-9-18(10-8-16)11-12-23-2;1-3-4-6-14-7-5-8-15(19-14)16(18)13-9-11-17(2)12-10-13/h3-6,20H,7-12H2,1-2H3,(H,17,19);7-8,13H,3-6,9-12H2,1-2H3. The van der Waals surface area contributed by atoms with Gasteiger partial charge in [0, 0.05) is 32.7 Å². The zero-order valence-electron chi connectivity index (χ0n) is 26.1. The van der Waals surface area contributed by atoms with Crippen LogP contribution in [0.5, 0.6) is 0 Å². The number of Topliss-reactive ketones (excluding diaryl/α,β-unsaturated/α-hetero) is 1. The highest BCUT2D eigenvalue weighted by molar-refractivity contribution is 8.07. The van der Waals surface area contributed by atoms with E-state index in [1.54, 1.807) is 36.5 Å². The second-order valence-corrected chi connectivity index (χ2v) is 15.1. The number of sulfone groups is 1. The Balaban J connectivity index is 0.000000242. The van der Waals surface area contributed by atoms with Gasteiger partial charge in [-0.05, 0) is 89.0 Å². The number of ketones is 1. The van der Waals surface area contributed by atoms with Crippen LogP contribution in [0, 0.1) is 12.8 Å². The number of nitrogens with one attached hydrogen (secondary N) is 1. The van der Waals surface area contributed by atoms with E-state index in [0.717, 1.165) is 49.2 Å². The maximum absolute atomic E-state index is 13.1. The first-order valence-electron chi connectivity index (χ1n) is 15.3. The van der Waals surface area contributed by atoms with E-state index in [9.17, 15) is 18.0 Å². The van der Waals surface area contributed by atoms with Gasteiger partial charge in [-0.2, -0.15) is 0 Å². The third-order valence-corrected chi connectivity index (χ3v) is 12.4. The van der Waals surface area contributed by atoms with Gasteiger partial charge in [0.05, 0.1) is 16.4 Å². The molecule has 1 aromatic carbocycles. The topological polar surface area (TPSA) is 116 Å². The number of carbonyl (C=O) groups is 2. The van der Waals surface area contributed by atoms with Crippen LogP contribution in [-0.4, -0.2) is 93.4 Å². The van der Waals surface area contributed by atoms with Crippen LogP contribution in [0.2, 0.25) is 0 Å². The van der Waals surface area contributed by atoms with Gasteiger partial charge in [0.25, 0.3) is 5.91 Å². The molecule has 1 amide bonds. The molecule has 0 aliphatic carbocycles. The molecule has 0 bridgehead atoms. The minimum Gasteiger partial charge on any atom is -0.383 e. The third-order valence-electron chi connectivity index (χ3n) is 8.64. The molecule has 0 saturated carbocycles. The minimum atomic E-state index is -3.93. The van der Waals surface area contributed by atoms with E-state index in [2.05, 4.69) is 35.9 Å². The van der Waals surface area contributed by atoms with Crippen molar-refractivity contribution < 1.29 is 28.0 Å². The molecule has 2 N–H and O–H groups in total. The predicted molar refractivity (Wildman–Crippen MR) is 172 cm³/mol. The highest BCUT2D eigenvalue weighted by atomic mass is 32.2. The van der Waals surface area contributed by atoms with Crippen molar-refractivity contribution in [1.29, 1.82) is 0 Å². The fraction of sp³-hybridized carbons (Fsp3) is 0.625. The summed E-state index contributed by atoms with van der Waals surface area (Å²) in [4.78, 5) is 31.7. The van der Waals surface area contributed by atoms with Crippen LogP contribution < -0.4 is 5.48 Å². The molecule has 43 heavy (non-hydrogen) atoms. The first kappa shape index (κ1) is 35.5. The molecular formula is C32H49N3O6S2. The number of allylic oxidation sites excluding steroid dienone is 4. The van der Waals surface area contributed by atoms with Crippen molar-refractivity contribution in [3.63, 3.8) is 0 Å². The van der Waals surface area contributed by atoms with Gasteiger partial charge in [0.1, 0.15) is 0 Å². The lowest BCUT2D eigenvalue weighted by Crippen LogP contribution is -2.58. The lowest BCUT2D eigenvalue weighted by molar-refractivity contribution is -0.133. The normalized spacial score (nSPS) is 19.9. The van der Waals surface area contributed by atoms with Gasteiger partial charge in [-0.1, -0.05) is 55.0 Å². The number of likely N-dealkylation sites (tertiary alicyclic amines) is 2. The van der Waals surface area contributed by atoms with Crippen molar-refractivity contribution >= 4 is 33.3 Å². The summed E-state index contributed by atoms with van der Waals surface area (Å²) in [6, 6.07) is 6.42. The van der Waals surface area contributed by atoms with Gasteiger partial charge < -0.3 is 14.5 Å². The average molecular weight is 636 g/mol. The summed E-state index contributed by atoms with van der Waals surface area (Å²) < 4.78 is 29.6. The number of rotatable bonds is 11. The zero-order chi connectivity index (χ0) is 31.5. The monoisotopic (exact) mass is 635 g/mol. The van der Waals surface area contributed by atoms with Crippen LogP contribution in [0.4, 0.5) is 0 Å². The van der Waals surface area contributed by atoms with Crippen LogP contribution in [0.3, 0.4) is 0 Å². The van der Waals surface area contributed by atoms with E-state index in [4.69, 9.17) is 9.94 Å². The Bertz CT molecular complexity index is 1230. The highest BCUT2D eigenvalue weighted by Crippen LogP contribution is 2.37. The first-order chi connectivity index (χ1) is 20.6. The molecule has 1 aromatic rings. The molecule has 3 aliphatic heterocycles. The molecular weight excluding hydrogens is 587 g/mol. The Kier molecular flexibility index (Phi) is 13.9. The number of hydrogen-bond donors (Lipinski definition) is 2. The van der Waals surface area contributed by atoms with Crippen molar-refractivity contribution in [2.75, 3.05) is 53.5 Å². The molecule has 2 saturated heterocycles. The average Bonchev–Trinajstić information content (AvgIpc) is 3.03. The number of thioether (sulfide) groups is 1. The maximum Gasteiger partial charge on any atom is 0.265 e. The third kappa shape index (κ3) is 9.25. The lowest BCUT2D eigenvalue weighted by atomic mass is 9.92. The molecule has 4 rings (SSSR count). The van der Waals surface area contributed by atoms with Crippen molar-refractivity contribution in [3.8, 4) is 0 Å². The number of methoxy groups -OCH3 is 1. The number of aryl methyl sites for hydroxylation is 1. The number of hydrogen-bond acceptors (Lipinski definition) is 9. The first-order valence-corrected chi connectivity index (χ1v) is 17.6. The molecule has 0 atom stereocenters. The SMILES string of the molecule is CCCCC1=CCC=C(C(=O)C2CCN(C)CC2)S1.COCCN1CCC(C(=O)NO)(S(=O)(=O)c2ccc(C)cc2)CC1. The van der Waals surface area contributed by atoms with Gasteiger partial charge in [-0.3, -0.25) is 14.8 Å². The van der Waals surface area contributed by atoms with Crippen LogP contribution in [0.15, 0.2) is 51.1 Å². The summed E-state index contributed by atoms with van der Waals surface area (Å²) in [5.74, 6) is -0.199. The summed E-state index contributed by atoms with van der Waals surface area (Å²) in [5.41, 5.74) is 2.49. The number of ether oxygens (including phenoxy) is 1. The van der Waals surface area contributed by atoms with E-state index in [0.29, 0.717) is 32.0 Å². The summed E-state index contributed by atoms with van der Waals surface area (Å²) >= 11 is 1.73. The molecule has 9 nitrogen and oxygen atoms in total. The molecule has 11 heteroatoms. The largest absolute Gasteiger partial charge is 0.383 e. The number of amides is 1. The van der Waals surface area contributed by atoms with Crippen LogP contribution in [0.25, 0.3) is 0 Å². The maximum atomic E-state index is 13.1. The van der Waals surface area contributed by atoms with E-state index < -0.39 is 20.5 Å². The van der Waals surface area contributed by atoms with Gasteiger partial charge in [-0.15, -0.1) is 0 Å². The second-order valence-electron chi connectivity index (χ2n) is 11.7. The number of nitrogens with zero attached hydrogens (tertiary/aromatic N) is 2. The van der Waals surface area contributed by atoms with E-state index in [-0.39, 0.29) is 23.7 Å². The summed E-state index contributed by atoms with van der Waals surface area (Å²) in [6.07, 6.45) is 11.3. The minimum absolute atomic E-state index is 0.0991.